The highest BCUT2D eigenvalue weighted by molar-refractivity contribution is 6.42. The molecule has 1 amide bonds. The number of pyridine rings is 1. The molecule has 0 bridgehead atoms. The fourth-order valence-corrected chi connectivity index (χ4v) is 4.42. The van der Waals surface area contributed by atoms with Crippen LogP contribution in [0.3, 0.4) is 0 Å². The van der Waals surface area contributed by atoms with Gasteiger partial charge in [0.2, 0.25) is 5.91 Å². The van der Waals surface area contributed by atoms with E-state index in [0.29, 0.717) is 16.6 Å². The highest BCUT2D eigenvalue weighted by atomic mass is 35.5. The second kappa shape index (κ2) is 8.68. The number of piperazine rings is 1. The van der Waals surface area contributed by atoms with Gasteiger partial charge in [-0.15, -0.1) is 0 Å². The van der Waals surface area contributed by atoms with Crippen LogP contribution in [0.4, 0.5) is 5.82 Å². The molecule has 4 rings (SSSR count). The largest absolute Gasteiger partial charge is 0.353 e. The van der Waals surface area contributed by atoms with E-state index in [0.717, 1.165) is 56.9 Å². The number of carbonyl (C=O) groups excluding carboxylic acids is 1. The van der Waals surface area contributed by atoms with Gasteiger partial charge in [-0.1, -0.05) is 35.3 Å². The highest BCUT2D eigenvalue weighted by Crippen LogP contribution is 2.34. The minimum Gasteiger partial charge on any atom is -0.353 e. The van der Waals surface area contributed by atoms with Crippen molar-refractivity contribution in [2.45, 2.75) is 18.9 Å². The summed E-state index contributed by atoms with van der Waals surface area (Å²) in [4.78, 5) is 23.8. The third kappa shape index (κ3) is 4.27. The average molecular weight is 419 g/mol. The van der Waals surface area contributed by atoms with Crippen LogP contribution in [0.15, 0.2) is 42.6 Å². The topological polar surface area (TPSA) is 39.7 Å². The van der Waals surface area contributed by atoms with Gasteiger partial charge in [-0.05, 0) is 49.2 Å². The summed E-state index contributed by atoms with van der Waals surface area (Å²) in [5, 5.41) is 1.14. The van der Waals surface area contributed by atoms with E-state index in [1.165, 1.54) is 0 Å². The summed E-state index contributed by atoms with van der Waals surface area (Å²) in [5.74, 6) is 1.18. The molecular formula is C21H24Cl2N4O. The van der Waals surface area contributed by atoms with Crippen molar-refractivity contribution in [2.24, 2.45) is 0 Å². The number of benzene rings is 1. The number of aromatic nitrogens is 1. The molecule has 1 aromatic carbocycles. The Morgan fingerprint density at radius 1 is 1.04 bits per heavy atom. The van der Waals surface area contributed by atoms with Gasteiger partial charge in [0.05, 0.1) is 16.6 Å². The molecule has 0 saturated carbocycles. The molecule has 3 heterocycles. The van der Waals surface area contributed by atoms with Crippen molar-refractivity contribution in [3.05, 3.63) is 58.2 Å². The normalized spacial score (nSPS) is 20.6. The lowest BCUT2D eigenvalue weighted by Crippen LogP contribution is -2.51. The number of likely N-dealkylation sites (tertiary alicyclic amines) is 1. The monoisotopic (exact) mass is 418 g/mol. The van der Waals surface area contributed by atoms with Crippen molar-refractivity contribution in [2.75, 3.05) is 44.2 Å². The standard InChI is InChI=1S/C21H24Cl2N4O/c22-17-7-6-16(14-18(17)23)19-4-3-9-27(19)15-21(28)26-12-10-25(11-13-26)20-5-1-2-8-24-20/h1-2,5-8,14,19H,3-4,9-13,15H2. The van der Waals surface area contributed by atoms with Gasteiger partial charge < -0.3 is 9.80 Å². The van der Waals surface area contributed by atoms with Crippen LogP contribution in [-0.4, -0.2) is 60.0 Å². The number of nitrogens with zero attached hydrogens (tertiary/aromatic N) is 4. The molecule has 2 aliphatic rings. The molecule has 0 aliphatic carbocycles. The summed E-state index contributed by atoms with van der Waals surface area (Å²) in [6, 6.07) is 12.0. The first-order valence-corrected chi connectivity index (χ1v) is 10.5. The second-order valence-corrected chi connectivity index (χ2v) is 8.17. The zero-order valence-corrected chi connectivity index (χ0v) is 17.2. The van der Waals surface area contributed by atoms with Gasteiger partial charge in [-0.25, -0.2) is 4.98 Å². The van der Waals surface area contributed by atoms with Crippen LogP contribution in [0.2, 0.25) is 10.0 Å². The second-order valence-electron chi connectivity index (χ2n) is 7.36. The Hall–Kier alpha value is -1.82. The third-order valence-electron chi connectivity index (χ3n) is 5.64. The lowest BCUT2D eigenvalue weighted by atomic mass is 10.0. The maximum atomic E-state index is 12.9. The Bertz CT molecular complexity index is 824. The van der Waals surface area contributed by atoms with Gasteiger partial charge in [0.25, 0.3) is 0 Å². The van der Waals surface area contributed by atoms with Gasteiger partial charge in [0.1, 0.15) is 5.82 Å². The van der Waals surface area contributed by atoms with Crippen molar-refractivity contribution < 1.29 is 4.79 Å². The maximum absolute atomic E-state index is 12.9. The number of amides is 1. The van der Waals surface area contributed by atoms with E-state index in [1.54, 1.807) is 0 Å². The van der Waals surface area contributed by atoms with Crippen molar-refractivity contribution in [3.8, 4) is 0 Å². The van der Waals surface area contributed by atoms with Crippen LogP contribution in [0.25, 0.3) is 0 Å². The Morgan fingerprint density at radius 3 is 2.57 bits per heavy atom. The van der Waals surface area contributed by atoms with Gasteiger partial charge in [0.15, 0.2) is 0 Å². The number of carbonyl (C=O) groups is 1. The molecule has 5 nitrogen and oxygen atoms in total. The molecule has 0 N–H and O–H groups in total. The predicted molar refractivity (Wildman–Crippen MR) is 113 cm³/mol. The smallest absolute Gasteiger partial charge is 0.236 e. The molecule has 0 spiro atoms. The molecular weight excluding hydrogens is 395 g/mol. The zero-order valence-electron chi connectivity index (χ0n) is 15.7. The fraction of sp³-hybridized carbons (Fsp3) is 0.429. The van der Waals surface area contributed by atoms with Gasteiger partial charge in [-0.2, -0.15) is 0 Å². The molecule has 1 atom stereocenters. The van der Waals surface area contributed by atoms with Crippen LogP contribution >= 0.6 is 23.2 Å². The number of rotatable bonds is 4. The third-order valence-corrected chi connectivity index (χ3v) is 6.38. The number of halogens is 2. The number of anilines is 1. The Morgan fingerprint density at radius 2 is 1.86 bits per heavy atom. The number of hydrogen-bond donors (Lipinski definition) is 0. The first-order valence-electron chi connectivity index (χ1n) is 9.74. The Labute approximate surface area is 175 Å². The quantitative estimate of drug-likeness (QED) is 0.755. The van der Waals surface area contributed by atoms with Crippen molar-refractivity contribution in [1.29, 1.82) is 0 Å². The van der Waals surface area contributed by atoms with Crippen LogP contribution in [0, 0.1) is 0 Å². The molecule has 2 aromatic rings. The summed E-state index contributed by atoms with van der Waals surface area (Å²) < 4.78 is 0. The highest BCUT2D eigenvalue weighted by Gasteiger charge is 2.30. The van der Waals surface area contributed by atoms with E-state index in [9.17, 15) is 4.79 Å². The van der Waals surface area contributed by atoms with Crippen LogP contribution in [-0.2, 0) is 4.79 Å². The van der Waals surface area contributed by atoms with E-state index in [4.69, 9.17) is 23.2 Å². The summed E-state index contributed by atoms with van der Waals surface area (Å²) in [6.45, 7) is 4.50. The van der Waals surface area contributed by atoms with Crippen molar-refractivity contribution in [3.63, 3.8) is 0 Å². The molecule has 0 radical (unpaired) electrons. The lowest BCUT2D eigenvalue weighted by Gasteiger charge is -2.36. The van der Waals surface area contributed by atoms with Crippen LogP contribution in [0.1, 0.15) is 24.4 Å². The fourth-order valence-electron chi connectivity index (χ4n) is 4.11. The molecule has 28 heavy (non-hydrogen) atoms. The van der Waals surface area contributed by atoms with E-state index in [-0.39, 0.29) is 11.9 Å². The predicted octanol–water partition coefficient (Wildman–Crippen LogP) is 3.87. The molecule has 2 fully saturated rings. The molecule has 2 aliphatic heterocycles. The van der Waals surface area contributed by atoms with E-state index < -0.39 is 0 Å². The molecule has 2 saturated heterocycles. The summed E-state index contributed by atoms with van der Waals surface area (Å²) in [6.07, 6.45) is 3.94. The molecule has 1 aromatic heterocycles. The SMILES string of the molecule is O=C(CN1CCCC1c1ccc(Cl)c(Cl)c1)N1CCN(c2ccccn2)CC1. The minimum atomic E-state index is 0.202. The lowest BCUT2D eigenvalue weighted by molar-refractivity contribution is -0.133. The Balaban J connectivity index is 1.35. The average Bonchev–Trinajstić information content (AvgIpc) is 3.19. The van der Waals surface area contributed by atoms with E-state index in [2.05, 4.69) is 14.8 Å². The summed E-state index contributed by atoms with van der Waals surface area (Å²) in [7, 11) is 0. The maximum Gasteiger partial charge on any atom is 0.236 e. The first kappa shape index (κ1) is 19.5. The van der Waals surface area contributed by atoms with Gasteiger partial charge in [-0.3, -0.25) is 9.69 Å². The summed E-state index contributed by atoms with van der Waals surface area (Å²) in [5.41, 5.74) is 1.14. The van der Waals surface area contributed by atoms with Gasteiger partial charge >= 0.3 is 0 Å². The van der Waals surface area contributed by atoms with Crippen LogP contribution in [0.5, 0.6) is 0 Å². The summed E-state index contributed by atoms with van der Waals surface area (Å²) >= 11 is 12.2. The molecule has 1 unspecified atom stereocenters. The minimum absolute atomic E-state index is 0.202. The first-order chi connectivity index (χ1) is 13.6. The molecule has 7 heteroatoms. The Kier molecular flexibility index (Phi) is 6.04. The molecule has 148 valence electrons. The van der Waals surface area contributed by atoms with Gasteiger partial charge in [0, 0.05) is 38.4 Å². The van der Waals surface area contributed by atoms with Crippen molar-refractivity contribution in [1.82, 2.24) is 14.8 Å². The van der Waals surface area contributed by atoms with E-state index in [1.807, 2.05) is 47.5 Å². The number of hydrogen-bond acceptors (Lipinski definition) is 4. The zero-order chi connectivity index (χ0) is 19.5. The van der Waals surface area contributed by atoms with Crippen LogP contribution < -0.4 is 4.90 Å². The van der Waals surface area contributed by atoms with E-state index >= 15 is 0 Å². The van der Waals surface area contributed by atoms with Crippen molar-refractivity contribution >= 4 is 34.9 Å².